The van der Waals surface area contributed by atoms with Gasteiger partial charge >= 0.3 is 57.4 Å². The second-order valence-electron chi connectivity index (χ2n) is 2.56. The van der Waals surface area contributed by atoms with Gasteiger partial charge in [-0.2, -0.15) is 5.48 Å². The molecule has 2 N–H and O–H groups in total. The van der Waals surface area contributed by atoms with Crippen molar-refractivity contribution in [2.75, 3.05) is 0 Å². The Labute approximate surface area is 129 Å². The number of nitrogens with one attached hydrogen (secondary N) is 1. The average molecular weight is 235 g/mol. The molecular formula is C9H10KNO4. The summed E-state index contributed by atoms with van der Waals surface area (Å²) in [6, 6.07) is 6.03. The summed E-state index contributed by atoms with van der Waals surface area (Å²) in [4.78, 5) is 26.0. The van der Waals surface area contributed by atoms with E-state index in [0.717, 1.165) is 0 Å². The Morgan fingerprint density at radius 1 is 1.33 bits per heavy atom. The van der Waals surface area contributed by atoms with Gasteiger partial charge < -0.3 is 9.94 Å². The van der Waals surface area contributed by atoms with Gasteiger partial charge in [0, 0.05) is 6.92 Å². The molecule has 0 saturated carbocycles. The van der Waals surface area contributed by atoms with Crippen molar-refractivity contribution in [2.45, 2.75) is 6.92 Å². The van der Waals surface area contributed by atoms with Gasteiger partial charge in [-0.15, -0.1) is 0 Å². The van der Waals surface area contributed by atoms with Crippen LogP contribution >= 0.6 is 0 Å². The number of carboxylic acid groups (broad SMARTS) is 1. The standard InChI is InChI=1S/C9H9NO4.K.H/c1-6(11)10-14-8-5-3-2-4-7(8)9(12)13;;/h2-5H,1H3,(H,10,11)(H,12,13);;. The van der Waals surface area contributed by atoms with Crippen LogP contribution in [0, 0.1) is 0 Å². The first-order chi connectivity index (χ1) is 6.61. The van der Waals surface area contributed by atoms with Gasteiger partial charge in [0.25, 0.3) is 0 Å². The Bertz CT molecular complexity index is 367. The number of amides is 1. The second kappa shape index (κ2) is 6.97. The van der Waals surface area contributed by atoms with Crippen molar-refractivity contribution < 1.29 is 19.5 Å². The number of hydrogen-bond acceptors (Lipinski definition) is 3. The van der Waals surface area contributed by atoms with Crippen molar-refractivity contribution in [2.24, 2.45) is 0 Å². The van der Waals surface area contributed by atoms with Crippen molar-refractivity contribution in [1.29, 1.82) is 0 Å². The summed E-state index contributed by atoms with van der Waals surface area (Å²) in [5.74, 6) is -1.40. The molecule has 0 spiro atoms. The van der Waals surface area contributed by atoms with Gasteiger partial charge in [0.2, 0.25) is 5.91 Å². The fourth-order valence-corrected chi connectivity index (χ4v) is 0.859. The van der Waals surface area contributed by atoms with Crippen LogP contribution in [0.3, 0.4) is 0 Å². The molecule has 1 rings (SSSR count). The van der Waals surface area contributed by atoms with E-state index in [2.05, 4.69) is 5.48 Å². The maximum absolute atomic E-state index is 10.7. The minimum atomic E-state index is -1.11. The predicted octanol–water partition coefficient (Wildman–Crippen LogP) is 0.166. The Morgan fingerprint density at radius 3 is 2.47 bits per heavy atom. The van der Waals surface area contributed by atoms with E-state index in [1.165, 1.54) is 19.1 Å². The molecule has 1 aromatic rings. The number of benzene rings is 1. The molecule has 0 unspecified atom stereocenters. The van der Waals surface area contributed by atoms with Gasteiger partial charge in [-0.05, 0) is 12.1 Å². The van der Waals surface area contributed by atoms with Crippen LogP contribution in [0.2, 0.25) is 0 Å². The van der Waals surface area contributed by atoms with Gasteiger partial charge in [0.1, 0.15) is 5.56 Å². The molecule has 5 nitrogen and oxygen atoms in total. The fourth-order valence-electron chi connectivity index (χ4n) is 0.859. The first kappa shape index (κ1) is 14.6. The topological polar surface area (TPSA) is 75.6 Å². The number of hydrogen-bond donors (Lipinski definition) is 2. The SMILES string of the molecule is CC(=O)NOc1ccccc1C(=O)O.[KH]. The van der Waals surface area contributed by atoms with E-state index in [-0.39, 0.29) is 62.7 Å². The fraction of sp³-hybridized carbons (Fsp3) is 0.111. The Hall–Kier alpha value is -0.404. The van der Waals surface area contributed by atoms with E-state index in [9.17, 15) is 9.59 Å². The molecular weight excluding hydrogens is 225 g/mol. The summed E-state index contributed by atoms with van der Waals surface area (Å²) in [5, 5.41) is 8.74. The zero-order chi connectivity index (χ0) is 10.6. The van der Waals surface area contributed by atoms with Crippen molar-refractivity contribution in [3.8, 4) is 5.75 Å². The van der Waals surface area contributed by atoms with Gasteiger partial charge in [-0.1, -0.05) is 12.1 Å². The van der Waals surface area contributed by atoms with Gasteiger partial charge in [0.05, 0.1) is 0 Å². The molecule has 0 fully saturated rings. The van der Waals surface area contributed by atoms with Crippen LogP contribution in [-0.2, 0) is 4.79 Å². The number of carboxylic acids is 1. The number of hydroxylamine groups is 1. The predicted molar refractivity (Wildman–Crippen MR) is 55.0 cm³/mol. The van der Waals surface area contributed by atoms with Crippen LogP contribution in [0.4, 0.5) is 0 Å². The molecule has 0 aliphatic carbocycles. The molecule has 0 bridgehead atoms. The third kappa shape index (κ3) is 4.76. The van der Waals surface area contributed by atoms with Gasteiger partial charge in [-0.3, -0.25) is 4.79 Å². The molecule has 1 amide bonds. The molecule has 0 atom stereocenters. The summed E-state index contributed by atoms with van der Waals surface area (Å²) < 4.78 is 0. The van der Waals surface area contributed by atoms with Crippen LogP contribution in [0.1, 0.15) is 17.3 Å². The summed E-state index contributed by atoms with van der Waals surface area (Å²) in [6.45, 7) is 1.27. The Morgan fingerprint density at radius 2 is 1.93 bits per heavy atom. The Balaban J connectivity index is 0.00000196. The molecule has 0 radical (unpaired) electrons. The number of carbonyl (C=O) groups is 2. The molecule has 0 aromatic heterocycles. The Kier molecular flexibility index (Phi) is 6.78. The normalized spacial score (nSPS) is 8.60. The number of rotatable bonds is 3. The maximum atomic E-state index is 10.7. The third-order valence-electron chi connectivity index (χ3n) is 1.42. The average Bonchev–Trinajstić information content (AvgIpc) is 2.15. The molecule has 76 valence electrons. The van der Waals surface area contributed by atoms with Gasteiger partial charge in [-0.25, -0.2) is 4.79 Å². The first-order valence-corrected chi connectivity index (χ1v) is 3.87. The van der Waals surface area contributed by atoms with Crippen molar-refractivity contribution in [3.63, 3.8) is 0 Å². The van der Waals surface area contributed by atoms with Crippen LogP contribution in [-0.4, -0.2) is 68.4 Å². The van der Waals surface area contributed by atoms with Crippen LogP contribution in [0.15, 0.2) is 24.3 Å². The van der Waals surface area contributed by atoms with E-state index in [0.29, 0.717) is 0 Å². The monoisotopic (exact) mass is 235 g/mol. The van der Waals surface area contributed by atoms with Gasteiger partial charge in [0.15, 0.2) is 5.75 Å². The van der Waals surface area contributed by atoms with Crippen molar-refractivity contribution >= 4 is 63.3 Å². The zero-order valence-electron chi connectivity index (χ0n) is 7.48. The molecule has 6 heteroatoms. The molecule has 15 heavy (non-hydrogen) atoms. The molecule has 0 aliphatic rings. The van der Waals surface area contributed by atoms with E-state index in [4.69, 9.17) is 9.94 Å². The number of carbonyl (C=O) groups excluding carboxylic acids is 1. The van der Waals surface area contributed by atoms with Crippen LogP contribution < -0.4 is 10.3 Å². The van der Waals surface area contributed by atoms with Crippen LogP contribution in [0.25, 0.3) is 0 Å². The molecule has 0 aliphatic heterocycles. The van der Waals surface area contributed by atoms with E-state index >= 15 is 0 Å². The molecule has 0 heterocycles. The molecule has 1 aromatic carbocycles. The van der Waals surface area contributed by atoms with E-state index in [1.54, 1.807) is 12.1 Å². The summed E-state index contributed by atoms with van der Waals surface area (Å²) in [7, 11) is 0. The van der Waals surface area contributed by atoms with Crippen molar-refractivity contribution in [3.05, 3.63) is 29.8 Å². The quantitative estimate of drug-likeness (QED) is 0.578. The number of para-hydroxylation sites is 1. The zero-order valence-corrected chi connectivity index (χ0v) is 7.48. The molecule has 0 saturated heterocycles. The minimum absolute atomic E-state index is 0. The van der Waals surface area contributed by atoms with E-state index in [1.807, 2.05) is 0 Å². The van der Waals surface area contributed by atoms with Crippen molar-refractivity contribution in [1.82, 2.24) is 5.48 Å². The second-order valence-corrected chi connectivity index (χ2v) is 2.56. The first-order valence-electron chi connectivity index (χ1n) is 3.87. The van der Waals surface area contributed by atoms with E-state index < -0.39 is 11.9 Å². The third-order valence-corrected chi connectivity index (χ3v) is 1.42. The van der Waals surface area contributed by atoms with Crippen LogP contribution in [0.5, 0.6) is 5.75 Å². The summed E-state index contributed by atoms with van der Waals surface area (Å²) in [6.07, 6.45) is 0. The number of aromatic carboxylic acids is 1. The summed E-state index contributed by atoms with van der Waals surface area (Å²) >= 11 is 0. The summed E-state index contributed by atoms with van der Waals surface area (Å²) in [5.41, 5.74) is 2.06.